The smallest absolute Gasteiger partial charge is 0.198 e. The minimum absolute atomic E-state index is 0.0337. The van der Waals surface area contributed by atoms with Gasteiger partial charge in [-0.05, 0) is 52.8 Å². The number of benzene rings is 1. The van der Waals surface area contributed by atoms with E-state index in [0.29, 0.717) is 45.6 Å². The first kappa shape index (κ1) is 17.0. The minimum atomic E-state index is -0.0337. The van der Waals surface area contributed by atoms with Gasteiger partial charge >= 0.3 is 0 Å². The van der Waals surface area contributed by atoms with Crippen LogP contribution < -0.4 is 4.90 Å². The largest absolute Gasteiger partial charge is 0.438 e. The molecule has 4 rings (SSSR count). The number of nitrogens with zero attached hydrogens (tertiary/aromatic N) is 4. The molecule has 2 heterocycles. The molecule has 0 radical (unpaired) electrons. The van der Waals surface area contributed by atoms with E-state index >= 15 is 0 Å². The van der Waals surface area contributed by atoms with Gasteiger partial charge in [0, 0.05) is 30.6 Å². The molecule has 1 aliphatic carbocycles. The van der Waals surface area contributed by atoms with Crippen molar-refractivity contribution in [2.75, 3.05) is 32.1 Å². The fraction of sp³-hybridized carbons (Fsp3) is 0.550. The molecule has 1 aromatic carbocycles. The minimum Gasteiger partial charge on any atom is -0.438 e. The Labute approximate surface area is 153 Å². The lowest BCUT2D eigenvalue weighted by molar-refractivity contribution is 0.101. The predicted molar refractivity (Wildman–Crippen MR) is 99.7 cm³/mol. The highest BCUT2D eigenvalue weighted by Gasteiger charge is 2.35. The highest BCUT2D eigenvalue weighted by molar-refractivity contribution is 6.09. The molecule has 1 aliphatic heterocycles. The van der Waals surface area contributed by atoms with Crippen molar-refractivity contribution in [1.82, 2.24) is 9.88 Å². The van der Waals surface area contributed by atoms with Crippen LogP contribution in [0.15, 0.2) is 4.42 Å². The summed E-state index contributed by atoms with van der Waals surface area (Å²) >= 11 is 0. The van der Waals surface area contributed by atoms with Gasteiger partial charge in [0.1, 0.15) is 11.6 Å². The fourth-order valence-electron chi connectivity index (χ4n) is 4.00. The number of anilines is 1. The number of rotatable bonds is 4. The third-order valence-corrected chi connectivity index (χ3v) is 5.68. The lowest BCUT2D eigenvalue weighted by Gasteiger charge is -2.24. The summed E-state index contributed by atoms with van der Waals surface area (Å²) in [4.78, 5) is 21.6. The number of hydrogen-bond acceptors (Lipinski definition) is 6. The molecule has 2 aromatic rings. The topological polar surface area (TPSA) is 73.4 Å². The predicted octanol–water partition coefficient (Wildman–Crippen LogP) is 3.23. The number of aromatic nitrogens is 1. The Morgan fingerprint density at radius 3 is 2.62 bits per heavy atom. The Hall–Kier alpha value is -2.39. The second-order valence-electron chi connectivity index (χ2n) is 7.75. The average molecular weight is 352 g/mol. The van der Waals surface area contributed by atoms with Gasteiger partial charge in [-0.3, -0.25) is 4.79 Å². The average Bonchev–Trinajstić information content (AvgIpc) is 3.16. The van der Waals surface area contributed by atoms with Gasteiger partial charge in [-0.25, -0.2) is 4.98 Å². The van der Waals surface area contributed by atoms with Gasteiger partial charge in [0.2, 0.25) is 0 Å². The molecule has 1 saturated carbocycles. The number of Topliss-reactive ketones (excluding diaryl/α,β-unsaturated/α-hetero) is 1. The maximum absolute atomic E-state index is 12.5. The highest BCUT2D eigenvalue weighted by atomic mass is 16.4. The highest BCUT2D eigenvalue weighted by Crippen LogP contribution is 2.44. The molecule has 6 nitrogen and oxygen atoms in total. The van der Waals surface area contributed by atoms with Gasteiger partial charge in [-0.1, -0.05) is 0 Å². The van der Waals surface area contributed by atoms with Crippen molar-refractivity contribution in [1.29, 1.82) is 5.26 Å². The first-order valence-corrected chi connectivity index (χ1v) is 9.21. The number of nitriles is 1. The van der Waals surface area contributed by atoms with Crippen LogP contribution in [0.3, 0.4) is 0 Å². The van der Waals surface area contributed by atoms with Crippen molar-refractivity contribution in [2.24, 2.45) is 0 Å². The first-order valence-electron chi connectivity index (χ1n) is 9.21. The van der Waals surface area contributed by atoms with Crippen LogP contribution in [0.5, 0.6) is 0 Å². The van der Waals surface area contributed by atoms with E-state index in [4.69, 9.17) is 4.42 Å². The Morgan fingerprint density at radius 2 is 2.08 bits per heavy atom. The Morgan fingerprint density at radius 1 is 1.35 bits per heavy atom. The summed E-state index contributed by atoms with van der Waals surface area (Å²) in [5.74, 6) is 1.03. The van der Waals surface area contributed by atoms with Crippen LogP contribution in [-0.2, 0) is 0 Å². The molecular weight excluding hydrogens is 328 g/mol. The van der Waals surface area contributed by atoms with Gasteiger partial charge in [0.25, 0.3) is 0 Å². The Kier molecular flexibility index (Phi) is 4.00. The SMILES string of the molecule is CC(=O)c1c(C)c(C#N)c2nc(C3CC3)oc2c1N1CCC(N(C)C)C1. The molecule has 26 heavy (non-hydrogen) atoms. The number of likely N-dealkylation sites (N-methyl/N-ethyl adjacent to an activating group) is 1. The summed E-state index contributed by atoms with van der Waals surface area (Å²) < 4.78 is 6.15. The summed E-state index contributed by atoms with van der Waals surface area (Å²) in [5.41, 5.74) is 3.83. The quantitative estimate of drug-likeness (QED) is 0.787. The van der Waals surface area contributed by atoms with Crippen LogP contribution in [0.1, 0.15) is 59.5 Å². The van der Waals surface area contributed by atoms with E-state index in [1.54, 1.807) is 6.92 Å². The molecule has 136 valence electrons. The number of fused-ring (bicyclic) bond motifs is 1. The molecule has 1 unspecified atom stereocenters. The summed E-state index contributed by atoms with van der Waals surface area (Å²) in [6.45, 7) is 5.12. The van der Waals surface area contributed by atoms with Crippen LogP contribution >= 0.6 is 0 Å². The van der Waals surface area contributed by atoms with Crippen LogP contribution in [0, 0.1) is 18.3 Å². The standard InChI is InChI=1S/C20H24N4O2/c1-11-15(9-21)17-19(26-20(22-17)13-5-6-13)18(16(11)12(2)25)24-8-7-14(10-24)23(3)4/h13-14H,5-8,10H2,1-4H3. The summed E-state index contributed by atoms with van der Waals surface area (Å²) in [6.07, 6.45) is 3.19. The Balaban J connectivity index is 1.96. The maximum Gasteiger partial charge on any atom is 0.198 e. The van der Waals surface area contributed by atoms with E-state index in [0.717, 1.165) is 38.0 Å². The van der Waals surface area contributed by atoms with Crippen LogP contribution in [0.25, 0.3) is 11.1 Å². The lowest BCUT2D eigenvalue weighted by Crippen LogP contribution is -2.32. The molecule has 2 aliphatic rings. The maximum atomic E-state index is 12.5. The van der Waals surface area contributed by atoms with Crippen molar-refractivity contribution in [3.63, 3.8) is 0 Å². The zero-order valence-electron chi connectivity index (χ0n) is 15.8. The van der Waals surface area contributed by atoms with Crippen molar-refractivity contribution < 1.29 is 9.21 Å². The summed E-state index contributed by atoms with van der Waals surface area (Å²) in [5, 5.41) is 9.69. The third-order valence-electron chi connectivity index (χ3n) is 5.68. The normalized spacial score (nSPS) is 20.2. The Bertz CT molecular complexity index is 934. The molecule has 1 saturated heterocycles. The monoisotopic (exact) mass is 352 g/mol. The number of ketones is 1. The van der Waals surface area contributed by atoms with E-state index in [9.17, 15) is 10.1 Å². The summed E-state index contributed by atoms with van der Waals surface area (Å²) in [6, 6.07) is 2.69. The van der Waals surface area contributed by atoms with Crippen molar-refractivity contribution >= 4 is 22.6 Å². The van der Waals surface area contributed by atoms with Crippen molar-refractivity contribution in [3.8, 4) is 6.07 Å². The number of oxazole rings is 1. The van der Waals surface area contributed by atoms with E-state index in [1.807, 2.05) is 6.92 Å². The van der Waals surface area contributed by atoms with Gasteiger partial charge < -0.3 is 14.2 Å². The number of hydrogen-bond donors (Lipinski definition) is 0. The molecule has 1 atom stereocenters. The van der Waals surface area contributed by atoms with Crippen LogP contribution in [0.2, 0.25) is 0 Å². The molecular formula is C20H24N4O2. The van der Waals surface area contributed by atoms with Crippen molar-refractivity contribution in [2.45, 2.75) is 45.1 Å². The van der Waals surface area contributed by atoms with Gasteiger partial charge in [-0.2, -0.15) is 5.26 Å². The zero-order chi connectivity index (χ0) is 18.6. The molecule has 6 heteroatoms. The van der Waals surface area contributed by atoms with Crippen molar-refractivity contribution in [3.05, 3.63) is 22.6 Å². The van der Waals surface area contributed by atoms with E-state index in [1.165, 1.54) is 0 Å². The molecule has 0 bridgehead atoms. The zero-order valence-corrected chi connectivity index (χ0v) is 15.8. The van der Waals surface area contributed by atoms with Gasteiger partial charge in [-0.15, -0.1) is 0 Å². The first-order chi connectivity index (χ1) is 12.4. The number of carbonyl (C=O) groups is 1. The van der Waals surface area contributed by atoms with E-state index < -0.39 is 0 Å². The third kappa shape index (κ3) is 2.58. The van der Waals surface area contributed by atoms with E-state index in [-0.39, 0.29) is 5.78 Å². The van der Waals surface area contributed by atoms with Gasteiger partial charge in [0.05, 0.1) is 11.3 Å². The van der Waals surface area contributed by atoms with Crippen LogP contribution in [0.4, 0.5) is 5.69 Å². The van der Waals surface area contributed by atoms with Gasteiger partial charge in [0.15, 0.2) is 17.3 Å². The summed E-state index contributed by atoms with van der Waals surface area (Å²) in [7, 11) is 4.17. The van der Waals surface area contributed by atoms with Crippen LogP contribution in [-0.4, -0.2) is 48.9 Å². The molecule has 0 spiro atoms. The lowest BCUT2D eigenvalue weighted by atomic mass is 9.96. The molecule has 2 fully saturated rings. The molecule has 1 aromatic heterocycles. The fourth-order valence-corrected chi connectivity index (χ4v) is 4.00. The van der Waals surface area contributed by atoms with E-state index in [2.05, 4.69) is 34.9 Å². The second-order valence-corrected chi connectivity index (χ2v) is 7.75. The second kappa shape index (κ2) is 6.10. The molecule has 0 N–H and O–H groups in total. The number of carbonyl (C=O) groups excluding carboxylic acids is 1. The molecule has 0 amide bonds.